The number of hydrogen-bond donors (Lipinski definition) is 2. The Morgan fingerprint density at radius 3 is 2.85 bits per heavy atom. The van der Waals surface area contributed by atoms with Gasteiger partial charge in [0.25, 0.3) is 5.56 Å². The predicted octanol–water partition coefficient (Wildman–Crippen LogP) is 2.85. The first-order chi connectivity index (χ1) is 12.6. The summed E-state index contributed by atoms with van der Waals surface area (Å²) in [5.41, 5.74) is 6.96. The highest BCUT2D eigenvalue weighted by Gasteiger charge is 2.38. The van der Waals surface area contributed by atoms with Crippen LogP contribution in [0.25, 0.3) is 10.9 Å². The molecule has 0 radical (unpaired) electrons. The maximum absolute atomic E-state index is 12.9. The van der Waals surface area contributed by atoms with Gasteiger partial charge in [-0.3, -0.25) is 4.79 Å². The quantitative estimate of drug-likeness (QED) is 0.693. The third-order valence-electron chi connectivity index (χ3n) is 4.29. The SMILES string of the molecule is CCOC(=O)C1=C(N)Oc2c(c(=O)[nH]c3ccccc23)[C@@H]1c1cccs1. The van der Waals surface area contributed by atoms with E-state index in [1.54, 1.807) is 13.0 Å². The molecule has 132 valence electrons. The van der Waals surface area contributed by atoms with Crippen LogP contribution in [0, 0.1) is 0 Å². The highest BCUT2D eigenvalue weighted by atomic mass is 32.1. The van der Waals surface area contributed by atoms with Crippen molar-refractivity contribution < 1.29 is 14.3 Å². The van der Waals surface area contributed by atoms with Crippen LogP contribution >= 0.6 is 11.3 Å². The topological polar surface area (TPSA) is 94.4 Å². The van der Waals surface area contributed by atoms with Gasteiger partial charge in [0, 0.05) is 10.3 Å². The van der Waals surface area contributed by atoms with Gasteiger partial charge in [0.05, 0.1) is 23.6 Å². The summed E-state index contributed by atoms with van der Waals surface area (Å²) in [5, 5.41) is 2.62. The van der Waals surface area contributed by atoms with Crippen LogP contribution in [-0.2, 0) is 9.53 Å². The number of ether oxygens (including phenoxy) is 2. The first kappa shape index (κ1) is 16.4. The summed E-state index contributed by atoms with van der Waals surface area (Å²) in [6, 6.07) is 11.0. The van der Waals surface area contributed by atoms with Crippen molar-refractivity contribution in [2.45, 2.75) is 12.8 Å². The Bertz CT molecular complexity index is 1080. The second kappa shape index (κ2) is 6.34. The molecule has 0 unspecified atom stereocenters. The Balaban J connectivity index is 2.03. The van der Waals surface area contributed by atoms with Gasteiger partial charge in [0.15, 0.2) is 0 Å². The van der Waals surface area contributed by atoms with Crippen molar-refractivity contribution in [1.29, 1.82) is 0 Å². The maximum atomic E-state index is 12.9. The Labute approximate surface area is 152 Å². The number of H-pyrrole nitrogens is 1. The molecule has 6 nitrogen and oxygen atoms in total. The minimum absolute atomic E-state index is 0.0369. The normalized spacial score (nSPS) is 16.3. The number of aromatic nitrogens is 1. The summed E-state index contributed by atoms with van der Waals surface area (Å²) < 4.78 is 10.9. The predicted molar refractivity (Wildman–Crippen MR) is 99.2 cm³/mol. The van der Waals surface area contributed by atoms with Crippen molar-refractivity contribution in [3.63, 3.8) is 0 Å². The second-order valence-corrected chi connectivity index (χ2v) is 6.77. The molecule has 7 heteroatoms. The van der Waals surface area contributed by atoms with Gasteiger partial charge >= 0.3 is 5.97 Å². The highest BCUT2D eigenvalue weighted by Crippen LogP contribution is 2.44. The molecule has 1 aliphatic rings. The van der Waals surface area contributed by atoms with Gasteiger partial charge in [-0.25, -0.2) is 4.79 Å². The van der Waals surface area contributed by atoms with E-state index in [2.05, 4.69) is 4.98 Å². The second-order valence-electron chi connectivity index (χ2n) is 5.79. The van der Waals surface area contributed by atoms with Gasteiger partial charge < -0.3 is 20.2 Å². The maximum Gasteiger partial charge on any atom is 0.340 e. The van der Waals surface area contributed by atoms with Crippen molar-refractivity contribution in [3.8, 4) is 5.75 Å². The number of benzene rings is 1. The van der Waals surface area contributed by atoms with Crippen LogP contribution in [0.5, 0.6) is 5.75 Å². The first-order valence-electron chi connectivity index (χ1n) is 8.14. The highest BCUT2D eigenvalue weighted by molar-refractivity contribution is 7.10. The number of pyridine rings is 1. The van der Waals surface area contributed by atoms with Gasteiger partial charge in [-0.2, -0.15) is 0 Å². The van der Waals surface area contributed by atoms with Gasteiger partial charge in [0.1, 0.15) is 11.3 Å². The fourth-order valence-corrected chi connectivity index (χ4v) is 4.06. The lowest BCUT2D eigenvalue weighted by molar-refractivity contribution is -0.139. The molecule has 0 spiro atoms. The molecule has 1 atom stereocenters. The Morgan fingerprint density at radius 1 is 1.31 bits per heavy atom. The molecule has 0 amide bonds. The van der Waals surface area contributed by atoms with E-state index in [0.29, 0.717) is 16.8 Å². The number of carbonyl (C=O) groups excluding carboxylic acids is 1. The Morgan fingerprint density at radius 2 is 2.12 bits per heavy atom. The standard InChI is InChI=1S/C19H16N2O4S/c1-2-24-19(23)15-13(12-8-5-9-26-12)14-16(25-17(15)20)10-6-3-4-7-11(10)21-18(14)22/h3-9,13H,2,20H2,1H3,(H,21,22)/t13-/m0/s1. The number of carbonyl (C=O) groups is 1. The summed E-state index contributed by atoms with van der Waals surface area (Å²) in [5.74, 6) is -0.869. The summed E-state index contributed by atoms with van der Waals surface area (Å²) >= 11 is 1.44. The number of hydrogen-bond acceptors (Lipinski definition) is 6. The van der Waals surface area contributed by atoms with Crippen molar-refractivity contribution in [1.82, 2.24) is 4.98 Å². The molecule has 0 saturated heterocycles. The van der Waals surface area contributed by atoms with Crippen LogP contribution in [0.4, 0.5) is 0 Å². The fourth-order valence-electron chi connectivity index (χ4n) is 3.22. The number of nitrogens with two attached hydrogens (primary N) is 1. The van der Waals surface area contributed by atoms with E-state index in [-0.39, 0.29) is 23.6 Å². The number of nitrogens with one attached hydrogen (secondary N) is 1. The molecule has 0 bridgehead atoms. The average molecular weight is 368 g/mol. The molecule has 1 aliphatic heterocycles. The first-order valence-corrected chi connectivity index (χ1v) is 9.02. The van der Waals surface area contributed by atoms with Crippen LogP contribution in [0.15, 0.2) is 58.0 Å². The van der Waals surface area contributed by atoms with E-state index in [9.17, 15) is 9.59 Å². The molecule has 2 aromatic heterocycles. The lowest BCUT2D eigenvalue weighted by Gasteiger charge is -2.27. The zero-order chi connectivity index (χ0) is 18.3. The molecule has 1 aromatic carbocycles. The van der Waals surface area contributed by atoms with E-state index >= 15 is 0 Å². The fraction of sp³-hybridized carbons (Fsp3) is 0.158. The number of thiophene rings is 1. The molecule has 0 aliphatic carbocycles. The van der Waals surface area contributed by atoms with Gasteiger partial charge in [0.2, 0.25) is 5.88 Å². The molecule has 0 saturated carbocycles. The van der Waals surface area contributed by atoms with Crippen LogP contribution < -0.4 is 16.0 Å². The van der Waals surface area contributed by atoms with Gasteiger partial charge in [-0.05, 0) is 30.5 Å². The Hall–Kier alpha value is -3.06. The van der Waals surface area contributed by atoms with Gasteiger partial charge in [-0.15, -0.1) is 11.3 Å². The lowest BCUT2D eigenvalue weighted by atomic mass is 9.87. The van der Waals surface area contributed by atoms with Crippen molar-refractivity contribution in [3.05, 3.63) is 74.0 Å². The molecule has 3 N–H and O–H groups in total. The minimum atomic E-state index is -0.633. The number of rotatable bonds is 3. The number of para-hydroxylation sites is 1. The van der Waals surface area contributed by atoms with Crippen molar-refractivity contribution >= 4 is 28.2 Å². The number of aromatic amines is 1. The molecule has 4 rings (SSSR count). The zero-order valence-corrected chi connectivity index (χ0v) is 14.8. The zero-order valence-electron chi connectivity index (χ0n) is 13.9. The Kier molecular flexibility index (Phi) is 4.00. The molecular formula is C19H16N2O4S. The van der Waals surface area contributed by atoms with Gasteiger partial charge in [-0.1, -0.05) is 18.2 Å². The van der Waals surface area contributed by atoms with E-state index < -0.39 is 11.9 Å². The van der Waals surface area contributed by atoms with E-state index in [0.717, 1.165) is 10.3 Å². The molecule has 3 heterocycles. The lowest BCUT2D eigenvalue weighted by Crippen LogP contribution is -2.31. The smallest absolute Gasteiger partial charge is 0.340 e. The third kappa shape index (κ3) is 2.48. The van der Waals surface area contributed by atoms with Crippen molar-refractivity contribution in [2.75, 3.05) is 6.61 Å². The van der Waals surface area contributed by atoms with E-state index in [4.69, 9.17) is 15.2 Å². The minimum Gasteiger partial charge on any atom is -0.462 e. The third-order valence-corrected chi connectivity index (χ3v) is 5.22. The molecule has 3 aromatic rings. The molecular weight excluding hydrogens is 352 g/mol. The molecule has 26 heavy (non-hydrogen) atoms. The largest absolute Gasteiger partial charge is 0.462 e. The van der Waals surface area contributed by atoms with Crippen LogP contribution in [0.3, 0.4) is 0 Å². The van der Waals surface area contributed by atoms with E-state index in [1.807, 2.05) is 35.7 Å². The number of esters is 1. The average Bonchev–Trinajstić information content (AvgIpc) is 3.15. The van der Waals surface area contributed by atoms with Crippen LogP contribution in [-0.4, -0.2) is 17.6 Å². The monoisotopic (exact) mass is 368 g/mol. The summed E-state index contributed by atoms with van der Waals surface area (Å²) in [6.07, 6.45) is 0. The molecule has 0 fully saturated rings. The summed E-state index contributed by atoms with van der Waals surface area (Å²) in [4.78, 5) is 29.1. The van der Waals surface area contributed by atoms with Crippen LogP contribution in [0.1, 0.15) is 23.3 Å². The summed E-state index contributed by atoms with van der Waals surface area (Å²) in [7, 11) is 0. The van der Waals surface area contributed by atoms with E-state index in [1.165, 1.54) is 11.3 Å². The van der Waals surface area contributed by atoms with Crippen LogP contribution in [0.2, 0.25) is 0 Å². The summed E-state index contributed by atoms with van der Waals surface area (Å²) in [6.45, 7) is 1.92. The number of fused-ring (bicyclic) bond motifs is 3. The van der Waals surface area contributed by atoms with Crippen molar-refractivity contribution in [2.24, 2.45) is 5.73 Å².